The summed E-state index contributed by atoms with van der Waals surface area (Å²) in [5, 5.41) is 0.857. The Kier molecular flexibility index (Phi) is 3.52. The first-order valence-corrected chi connectivity index (χ1v) is 9.07. The summed E-state index contributed by atoms with van der Waals surface area (Å²) in [6.07, 6.45) is 0. The van der Waals surface area contributed by atoms with E-state index in [0.29, 0.717) is 0 Å². The molecule has 0 nitrogen and oxygen atoms in total. The second-order valence-corrected chi connectivity index (χ2v) is 11.8. The van der Waals surface area contributed by atoms with Crippen molar-refractivity contribution in [1.29, 1.82) is 0 Å². The highest BCUT2D eigenvalue weighted by atomic mass is 79.9. The maximum Gasteiger partial charge on any atom is 0.373 e. The smallest absolute Gasteiger partial charge is 0.121 e. The van der Waals surface area contributed by atoms with Gasteiger partial charge in [-0.05, 0) is 29.8 Å². The standard InChI is InChI=1S/C7H6BrCl3Si/c1-5-4-6(8)2-3-7(5)12(9,10)11/h2-4H,1H3. The van der Waals surface area contributed by atoms with Crippen LogP contribution in [0.2, 0.25) is 0 Å². The first-order valence-electron chi connectivity index (χ1n) is 3.24. The van der Waals surface area contributed by atoms with Crippen LogP contribution in [0.15, 0.2) is 22.7 Å². The molecular formula is C7H6BrCl3Si. The third-order valence-corrected chi connectivity index (χ3v) is 4.99. The SMILES string of the molecule is Cc1cc(Br)ccc1[Si](Cl)(Cl)Cl. The summed E-state index contributed by atoms with van der Waals surface area (Å²) in [4.78, 5) is 0. The fraction of sp³-hybridized carbons (Fsp3) is 0.143. The molecule has 0 saturated carbocycles. The normalized spacial score (nSPS) is 11.8. The Balaban J connectivity index is 3.19. The highest BCUT2D eigenvalue weighted by Gasteiger charge is 2.29. The van der Waals surface area contributed by atoms with E-state index < -0.39 is 6.00 Å². The van der Waals surface area contributed by atoms with Crippen LogP contribution in [-0.2, 0) is 0 Å². The second kappa shape index (κ2) is 3.89. The first kappa shape index (κ1) is 10.9. The number of aryl methyl sites for hydroxylation is 1. The van der Waals surface area contributed by atoms with Crippen LogP contribution in [0.1, 0.15) is 5.56 Å². The minimum absolute atomic E-state index is 0.857. The predicted octanol–water partition coefficient (Wildman–Crippen LogP) is 3.62. The Labute approximate surface area is 95.1 Å². The summed E-state index contributed by atoms with van der Waals surface area (Å²) in [7, 11) is 0. The lowest BCUT2D eigenvalue weighted by molar-refractivity contribution is 1.49. The lowest BCUT2D eigenvalue weighted by Gasteiger charge is -2.11. The van der Waals surface area contributed by atoms with Gasteiger partial charge in [0.2, 0.25) is 0 Å². The van der Waals surface area contributed by atoms with Gasteiger partial charge in [0.05, 0.1) is 0 Å². The molecule has 66 valence electrons. The predicted molar refractivity (Wildman–Crippen MR) is 61.8 cm³/mol. The molecule has 0 N–H and O–H groups in total. The van der Waals surface area contributed by atoms with Crippen molar-refractivity contribution >= 4 is 60.4 Å². The van der Waals surface area contributed by atoms with Crippen LogP contribution in [0.25, 0.3) is 0 Å². The Morgan fingerprint density at radius 3 is 2.25 bits per heavy atom. The van der Waals surface area contributed by atoms with Gasteiger partial charge < -0.3 is 0 Å². The molecule has 1 rings (SSSR count). The second-order valence-electron chi connectivity index (χ2n) is 2.46. The van der Waals surface area contributed by atoms with Crippen molar-refractivity contribution in [2.45, 2.75) is 6.92 Å². The van der Waals surface area contributed by atoms with Crippen LogP contribution in [0.4, 0.5) is 0 Å². The third kappa shape index (κ3) is 2.64. The molecule has 5 heteroatoms. The van der Waals surface area contributed by atoms with E-state index in [-0.39, 0.29) is 0 Å². The lowest BCUT2D eigenvalue weighted by Crippen LogP contribution is -2.32. The van der Waals surface area contributed by atoms with Crippen molar-refractivity contribution in [3.05, 3.63) is 28.2 Å². The highest BCUT2D eigenvalue weighted by molar-refractivity contribution is 9.10. The molecule has 0 spiro atoms. The number of rotatable bonds is 1. The quantitative estimate of drug-likeness (QED) is 0.549. The minimum atomic E-state index is -2.70. The fourth-order valence-electron chi connectivity index (χ4n) is 0.945. The Hall–Kier alpha value is 0.787. The van der Waals surface area contributed by atoms with Crippen molar-refractivity contribution in [2.24, 2.45) is 0 Å². The average molecular weight is 304 g/mol. The summed E-state index contributed by atoms with van der Waals surface area (Å²) < 4.78 is 1.01. The molecule has 12 heavy (non-hydrogen) atoms. The number of halogens is 4. The van der Waals surface area contributed by atoms with Gasteiger partial charge in [-0.2, -0.15) is 0 Å². The Morgan fingerprint density at radius 2 is 1.83 bits per heavy atom. The van der Waals surface area contributed by atoms with Crippen molar-refractivity contribution in [3.63, 3.8) is 0 Å². The van der Waals surface area contributed by atoms with Gasteiger partial charge in [-0.15, -0.1) is 33.2 Å². The maximum absolute atomic E-state index is 5.87. The third-order valence-electron chi connectivity index (χ3n) is 1.49. The summed E-state index contributed by atoms with van der Waals surface area (Å²) in [5.74, 6) is 0. The van der Waals surface area contributed by atoms with E-state index in [9.17, 15) is 0 Å². The molecule has 0 atom stereocenters. The van der Waals surface area contributed by atoms with Crippen molar-refractivity contribution in [3.8, 4) is 0 Å². The molecule has 0 aliphatic heterocycles. The van der Waals surface area contributed by atoms with Gasteiger partial charge in [-0.25, -0.2) is 0 Å². The lowest BCUT2D eigenvalue weighted by atomic mass is 10.2. The number of hydrogen-bond donors (Lipinski definition) is 0. The summed E-state index contributed by atoms with van der Waals surface area (Å²) in [5.41, 5.74) is 1.02. The minimum Gasteiger partial charge on any atom is -0.121 e. The van der Waals surface area contributed by atoms with Crippen LogP contribution in [0.3, 0.4) is 0 Å². The topological polar surface area (TPSA) is 0 Å². The van der Waals surface area contributed by atoms with E-state index >= 15 is 0 Å². The van der Waals surface area contributed by atoms with Gasteiger partial charge in [0.15, 0.2) is 0 Å². The van der Waals surface area contributed by atoms with E-state index in [2.05, 4.69) is 15.9 Å². The summed E-state index contributed by atoms with van der Waals surface area (Å²) >= 11 is 21.0. The molecule has 0 radical (unpaired) electrons. The van der Waals surface area contributed by atoms with Crippen LogP contribution in [0, 0.1) is 6.92 Å². The molecule has 0 heterocycles. The van der Waals surface area contributed by atoms with Crippen LogP contribution >= 0.6 is 49.2 Å². The van der Waals surface area contributed by atoms with Gasteiger partial charge in [-0.1, -0.05) is 22.0 Å². The van der Waals surface area contributed by atoms with Crippen molar-refractivity contribution in [1.82, 2.24) is 0 Å². The van der Waals surface area contributed by atoms with E-state index in [4.69, 9.17) is 33.2 Å². The number of benzene rings is 1. The van der Waals surface area contributed by atoms with Crippen molar-refractivity contribution in [2.75, 3.05) is 0 Å². The zero-order valence-electron chi connectivity index (χ0n) is 6.24. The van der Waals surface area contributed by atoms with E-state index in [1.54, 1.807) is 0 Å². The zero-order valence-corrected chi connectivity index (χ0v) is 11.1. The summed E-state index contributed by atoms with van der Waals surface area (Å²) in [6, 6.07) is 2.99. The largest absolute Gasteiger partial charge is 0.373 e. The van der Waals surface area contributed by atoms with Gasteiger partial charge in [0, 0.05) is 4.47 Å². The van der Waals surface area contributed by atoms with E-state index in [0.717, 1.165) is 15.2 Å². The Morgan fingerprint density at radius 1 is 1.25 bits per heavy atom. The van der Waals surface area contributed by atoms with Gasteiger partial charge >= 0.3 is 6.00 Å². The number of hydrogen-bond acceptors (Lipinski definition) is 0. The maximum atomic E-state index is 5.87. The van der Waals surface area contributed by atoms with Crippen LogP contribution < -0.4 is 5.19 Å². The molecule has 0 aliphatic rings. The van der Waals surface area contributed by atoms with Gasteiger partial charge in [0.1, 0.15) is 0 Å². The molecule has 1 aromatic carbocycles. The van der Waals surface area contributed by atoms with Gasteiger partial charge in [0.25, 0.3) is 0 Å². The average Bonchev–Trinajstić information content (AvgIpc) is 1.83. The van der Waals surface area contributed by atoms with E-state index in [1.165, 1.54) is 0 Å². The molecule has 0 fully saturated rings. The summed E-state index contributed by atoms with van der Waals surface area (Å²) in [6.45, 7) is 1.94. The van der Waals surface area contributed by atoms with Crippen molar-refractivity contribution < 1.29 is 0 Å². The Bertz CT molecular complexity index is 295. The molecule has 0 amide bonds. The molecule has 0 aliphatic carbocycles. The van der Waals surface area contributed by atoms with E-state index in [1.807, 2.05) is 25.1 Å². The fourth-order valence-corrected chi connectivity index (χ4v) is 4.12. The first-order chi connectivity index (χ1) is 5.41. The zero-order chi connectivity index (χ0) is 9.35. The highest BCUT2D eigenvalue weighted by Crippen LogP contribution is 2.22. The monoisotopic (exact) mass is 302 g/mol. The molecule has 0 aromatic heterocycles. The molecule has 1 aromatic rings. The van der Waals surface area contributed by atoms with Crippen LogP contribution in [-0.4, -0.2) is 6.00 Å². The molecular weight excluding hydrogens is 298 g/mol. The van der Waals surface area contributed by atoms with Gasteiger partial charge in [-0.3, -0.25) is 0 Å². The molecule has 0 saturated heterocycles. The molecule has 0 bridgehead atoms. The van der Waals surface area contributed by atoms with Crippen LogP contribution in [0.5, 0.6) is 0 Å². The molecule has 0 unspecified atom stereocenters.